The second-order valence-electron chi connectivity index (χ2n) is 5.00. The number of aryl methyl sites for hydroxylation is 3. The highest BCUT2D eigenvalue weighted by Gasteiger charge is 2.25. The smallest absolute Gasteiger partial charge is 0.348 e. The number of aromatic nitrogens is 1. The van der Waals surface area contributed by atoms with Crippen molar-refractivity contribution in [1.82, 2.24) is 4.98 Å². The van der Waals surface area contributed by atoms with Crippen molar-refractivity contribution >= 4 is 34.4 Å². The topological polar surface area (TPSA) is 80.0 Å². The lowest BCUT2D eigenvalue weighted by atomic mass is 10.1. The van der Waals surface area contributed by atoms with Crippen LogP contribution in [0.3, 0.4) is 0 Å². The first-order valence-electron chi connectivity index (χ1n) is 7.07. The second kappa shape index (κ2) is 7.49. The maximum atomic E-state index is 12.1. The number of thiophene rings is 1. The molecule has 0 saturated carbocycles. The van der Waals surface area contributed by atoms with E-state index in [1.807, 2.05) is 19.9 Å². The molecule has 0 aliphatic rings. The fourth-order valence-corrected chi connectivity index (χ4v) is 3.90. The van der Waals surface area contributed by atoms with Gasteiger partial charge in [0.15, 0.2) is 18.3 Å². The molecule has 120 valence electrons. The van der Waals surface area contributed by atoms with Crippen LogP contribution in [0.5, 0.6) is 0 Å². The first-order valence-corrected chi connectivity index (χ1v) is 8.76. The largest absolute Gasteiger partial charge is 0.453 e. The van der Waals surface area contributed by atoms with Crippen molar-refractivity contribution in [2.45, 2.75) is 33.1 Å². The highest BCUT2D eigenvalue weighted by Crippen LogP contribution is 2.24. The van der Waals surface area contributed by atoms with Crippen LogP contribution in [0.25, 0.3) is 0 Å². The average Bonchev–Trinajstić information content (AvgIpc) is 3.11. The monoisotopic (exact) mass is 348 g/mol. The van der Waals surface area contributed by atoms with Gasteiger partial charge < -0.3 is 4.74 Å². The maximum absolute atomic E-state index is 12.1. The van der Waals surface area contributed by atoms with Crippen molar-refractivity contribution < 1.29 is 14.3 Å². The minimum Gasteiger partial charge on any atom is -0.453 e. The molecular weight excluding hydrogens is 332 g/mol. The van der Waals surface area contributed by atoms with Crippen LogP contribution in [0.1, 0.15) is 43.7 Å². The molecule has 2 rings (SSSR count). The molecule has 0 saturated heterocycles. The van der Waals surface area contributed by atoms with Crippen molar-refractivity contribution in [3.63, 3.8) is 0 Å². The zero-order valence-electron chi connectivity index (χ0n) is 13.1. The molecule has 0 bridgehead atoms. The van der Waals surface area contributed by atoms with E-state index in [1.54, 1.807) is 18.4 Å². The minimum atomic E-state index is -0.988. The Hall–Kier alpha value is -2.04. The van der Waals surface area contributed by atoms with Gasteiger partial charge in [0.1, 0.15) is 9.88 Å². The minimum absolute atomic E-state index is 0.423. The van der Waals surface area contributed by atoms with Crippen LogP contribution < -0.4 is 0 Å². The second-order valence-corrected chi connectivity index (χ2v) is 7.03. The number of ketones is 1. The van der Waals surface area contributed by atoms with E-state index in [-0.39, 0.29) is 0 Å². The molecule has 0 amide bonds. The van der Waals surface area contributed by atoms with Crippen LogP contribution in [0, 0.1) is 25.2 Å². The lowest BCUT2D eigenvalue weighted by Crippen LogP contribution is -2.19. The molecule has 0 radical (unpaired) electrons. The predicted molar refractivity (Wildman–Crippen MR) is 88.9 cm³/mol. The summed E-state index contributed by atoms with van der Waals surface area (Å²) in [6.07, 6.45) is 0.850. The fraction of sp³-hybridized carbons (Fsp3) is 0.375. The molecular formula is C16H16N2O3S2. The van der Waals surface area contributed by atoms with Crippen molar-refractivity contribution in [2.75, 3.05) is 6.61 Å². The lowest BCUT2D eigenvalue weighted by molar-refractivity contribution is -0.122. The summed E-state index contributed by atoms with van der Waals surface area (Å²) in [5.41, 5.74) is 1.81. The number of carbonyl (C=O) groups excluding carboxylic acids is 2. The van der Waals surface area contributed by atoms with E-state index >= 15 is 0 Å². The Labute approximate surface area is 142 Å². The van der Waals surface area contributed by atoms with Gasteiger partial charge in [-0.2, -0.15) is 5.26 Å². The van der Waals surface area contributed by atoms with E-state index in [1.165, 1.54) is 22.7 Å². The molecule has 0 aliphatic carbocycles. The standard InChI is InChI=1S/C16H16N2O3S2/c1-4-13-9(2)5-14(23-13)16(20)21-7-12(19)11(6-17)15-18-10(3)8-22-15/h5,8,11H,4,7H2,1-3H3/t11-/m0/s1. The van der Waals surface area contributed by atoms with Crippen LogP contribution in [-0.4, -0.2) is 23.3 Å². The van der Waals surface area contributed by atoms with Gasteiger partial charge in [-0.25, -0.2) is 9.78 Å². The molecule has 0 unspecified atom stereocenters. The van der Waals surface area contributed by atoms with Crippen molar-refractivity contribution in [3.05, 3.63) is 37.5 Å². The Balaban J connectivity index is 2.00. The molecule has 0 aromatic carbocycles. The molecule has 2 aromatic rings. The normalized spacial score (nSPS) is 11.7. The summed E-state index contributed by atoms with van der Waals surface area (Å²) in [7, 11) is 0. The van der Waals surface area contributed by atoms with Gasteiger partial charge in [-0.05, 0) is 31.9 Å². The quantitative estimate of drug-likeness (QED) is 0.747. The van der Waals surface area contributed by atoms with Crippen LogP contribution in [0.15, 0.2) is 11.4 Å². The molecule has 0 aliphatic heterocycles. The molecule has 0 spiro atoms. The fourth-order valence-electron chi connectivity index (χ4n) is 2.03. The van der Waals surface area contributed by atoms with Gasteiger partial charge >= 0.3 is 5.97 Å². The first-order chi connectivity index (χ1) is 11.0. The summed E-state index contributed by atoms with van der Waals surface area (Å²) in [6.45, 7) is 5.33. The number of rotatable bonds is 6. The van der Waals surface area contributed by atoms with Gasteiger partial charge in [0, 0.05) is 16.0 Å². The third-order valence-corrected chi connectivity index (χ3v) is 5.61. The number of thiazole rings is 1. The third kappa shape index (κ3) is 4.03. The first kappa shape index (κ1) is 17.3. The SMILES string of the molecule is CCc1sc(C(=O)OCC(=O)[C@H](C#N)c2nc(C)cs2)cc1C. The van der Waals surface area contributed by atoms with Gasteiger partial charge in [-0.3, -0.25) is 4.79 Å². The average molecular weight is 348 g/mol. The Morgan fingerprint density at radius 2 is 2.17 bits per heavy atom. The Morgan fingerprint density at radius 3 is 2.70 bits per heavy atom. The number of hydrogen-bond acceptors (Lipinski definition) is 7. The van der Waals surface area contributed by atoms with Crippen molar-refractivity contribution in [2.24, 2.45) is 0 Å². The highest BCUT2D eigenvalue weighted by molar-refractivity contribution is 7.14. The number of hydrogen-bond donors (Lipinski definition) is 0. The van der Waals surface area contributed by atoms with Crippen LogP contribution >= 0.6 is 22.7 Å². The third-order valence-electron chi connectivity index (χ3n) is 3.22. The molecule has 0 N–H and O–H groups in total. The Kier molecular flexibility index (Phi) is 5.64. The molecule has 2 aromatic heterocycles. The summed E-state index contributed by atoms with van der Waals surface area (Å²) >= 11 is 2.63. The predicted octanol–water partition coefficient (Wildman–Crippen LogP) is 3.42. The summed E-state index contributed by atoms with van der Waals surface area (Å²) in [5.74, 6) is -1.98. The summed E-state index contributed by atoms with van der Waals surface area (Å²) in [6, 6.07) is 3.69. The van der Waals surface area contributed by atoms with Gasteiger partial charge in [0.05, 0.1) is 6.07 Å². The molecule has 2 heterocycles. The number of nitriles is 1. The van der Waals surface area contributed by atoms with E-state index in [0.29, 0.717) is 9.88 Å². The van der Waals surface area contributed by atoms with E-state index in [4.69, 9.17) is 4.74 Å². The molecule has 1 atom stereocenters. The summed E-state index contributed by atoms with van der Waals surface area (Å²) in [5, 5.41) is 11.4. The van der Waals surface area contributed by atoms with Gasteiger partial charge in [0.2, 0.25) is 0 Å². The van der Waals surface area contributed by atoms with Crippen molar-refractivity contribution in [1.29, 1.82) is 5.26 Å². The number of ether oxygens (including phenoxy) is 1. The molecule has 5 nitrogen and oxygen atoms in total. The van der Waals surface area contributed by atoms with Crippen LogP contribution in [0.2, 0.25) is 0 Å². The molecule has 7 heteroatoms. The summed E-state index contributed by atoms with van der Waals surface area (Å²) in [4.78, 5) is 29.9. The van der Waals surface area contributed by atoms with E-state index in [2.05, 4.69) is 4.98 Å². The number of carbonyl (C=O) groups is 2. The number of esters is 1. The summed E-state index contributed by atoms with van der Waals surface area (Å²) < 4.78 is 5.06. The maximum Gasteiger partial charge on any atom is 0.348 e. The van der Waals surface area contributed by atoms with Gasteiger partial charge in [0.25, 0.3) is 0 Å². The van der Waals surface area contributed by atoms with Gasteiger partial charge in [-0.1, -0.05) is 6.92 Å². The Bertz CT molecular complexity index is 771. The van der Waals surface area contributed by atoms with E-state index < -0.39 is 24.3 Å². The van der Waals surface area contributed by atoms with E-state index in [0.717, 1.165) is 22.6 Å². The van der Waals surface area contributed by atoms with Gasteiger partial charge in [-0.15, -0.1) is 22.7 Å². The number of Topliss-reactive ketones (excluding diaryl/α,β-unsaturated/α-hetero) is 1. The zero-order chi connectivity index (χ0) is 17.0. The molecule has 23 heavy (non-hydrogen) atoms. The van der Waals surface area contributed by atoms with Crippen LogP contribution in [0.4, 0.5) is 0 Å². The zero-order valence-corrected chi connectivity index (χ0v) is 14.7. The highest BCUT2D eigenvalue weighted by atomic mass is 32.1. The lowest BCUT2D eigenvalue weighted by Gasteiger charge is -2.05. The van der Waals surface area contributed by atoms with E-state index in [9.17, 15) is 14.9 Å². The Morgan fingerprint density at radius 1 is 1.43 bits per heavy atom. The number of nitrogens with zero attached hydrogens (tertiary/aromatic N) is 2. The molecule has 0 fully saturated rings. The van der Waals surface area contributed by atoms with Crippen molar-refractivity contribution in [3.8, 4) is 6.07 Å². The van der Waals surface area contributed by atoms with Crippen LogP contribution in [-0.2, 0) is 16.0 Å².